The topological polar surface area (TPSA) is 29.4 Å². The number of aryl methyl sites for hydroxylation is 1. The van der Waals surface area contributed by atoms with E-state index in [0.717, 1.165) is 5.56 Å². The SMILES string of the molecule is Cc1ccc(/C=C/N=O)cc1. The van der Waals surface area contributed by atoms with Gasteiger partial charge in [0.2, 0.25) is 0 Å². The van der Waals surface area contributed by atoms with Crippen molar-refractivity contribution in [2.24, 2.45) is 5.18 Å². The van der Waals surface area contributed by atoms with Gasteiger partial charge in [0.25, 0.3) is 0 Å². The molecule has 2 nitrogen and oxygen atoms in total. The van der Waals surface area contributed by atoms with E-state index in [-0.39, 0.29) is 0 Å². The highest BCUT2D eigenvalue weighted by Crippen LogP contribution is 2.04. The maximum absolute atomic E-state index is 9.71. The zero-order valence-corrected chi connectivity index (χ0v) is 6.32. The van der Waals surface area contributed by atoms with E-state index in [4.69, 9.17) is 0 Å². The van der Waals surface area contributed by atoms with E-state index in [1.165, 1.54) is 11.8 Å². The lowest BCUT2D eigenvalue weighted by atomic mass is 10.1. The predicted octanol–water partition coefficient (Wildman–Crippen LogP) is 2.73. The zero-order valence-electron chi connectivity index (χ0n) is 6.32. The minimum absolute atomic E-state index is 0.996. The van der Waals surface area contributed by atoms with Gasteiger partial charge in [0.15, 0.2) is 0 Å². The summed E-state index contributed by atoms with van der Waals surface area (Å²) >= 11 is 0. The molecule has 0 aromatic heterocycles. The van der Waals surface area contributed by atoms with Gasteiger partial charge in [-0.15, -0.1) is 4.91 Å². The second-order valence-corrected chi connectivity index (χ2v) is 2.33. The van der Waals surface area contributed by atoms with Crippen LogP contribution < -0.4 is 0 Å². The van der Waals surface area contributed by atoms with Gasteiger partial charge in [0.1, 0.15) is 0 Å². The molecule has 11 heavy (non-hydrogen) atoms. The molecule has 0 spiro atoms. The summed E-state index contributed by atoms with van der Waals surface area (Å²) in [6, 6.07) is 7.86. The van der Waals surface area contributed by atoms with Gasteiger partial charge in [-0.25, -0.2) is 0 Å². The molecule has 0 saturated heterocycles. The van der Waals surface area contributed by atoms with Crippen LogP contribution in [0.3, 0.4) is 0 Å². The molecular formula is C9H9NO. The summed E-state index contributed by atoms with van der Waals surface area (Å²) in [6.07, 6.45) is 2.91. The van der Waals surface area contributed by atoms with Gasteiger partial charge in [0, 0.05) is 0 Å². The number of hydrogen-bond acceptors (Lipinski definition) is 2. The van der Waals surface area contributed by atoms with Crippen molar-refractivity contribution in [3.63, 3.8) is 0 Å². The van der Waals surface area contributed by atoms with Crippen molar-refractivity contribution in [1.29, 1.82) is 0 Å². The van der Waals surface area contributed by atoms with Gasteiger partial charge in [-0.2, -0.15) is 0 Å². The minimum atomic E-state index is 0.996. The van der Waals surface area contributed by atoms with Gasteiger partial charge >= 0.3 is 0 Å². The number of nitroso groups, excluding NO2 is 1. The van der Waals surface area contributed by atoms with Crippen LogP contribution in [-0.4, -0.2) is 0 Å². The Morgan fingerprint density at radius 2 is 1.91 bits per heavy atom. The average molecular weight is 147 g/mol. The molecule has 0 radical (unpaired) electrons. The first-order valence-corrected chi connectivity index (χ1v) is 3.38. The van der Waals surface area contributed by atoms with E-state index < -0.39 is 0 Å². The van der Waals surface area contributed by atoms with E-state index >= 15 is 0 Å². The zero-order chi connectivity index (χ0) is 8.10. The smallest absolute Gasteiger partial charge is 0.0720 e. The van der Waals surface area contributed by atoms with E-state index in [0.29, 0.717) is 0 Å². The van der Waals surface area contributed by atoms with Crippen LogP contribution >= 0.6 is 0 Å². The van der Waals surface area contributed by atoms with Crippen molar-refractivity contribution >= 4 is 6.08 Å². The van der Waals surface area contributed by atoms with E-state index in [9.17, 15) is 4.91 Å². The first-order chi connectivity index (χ1) is 5.33. The van der Waals surface area contributed by atoms with Gasteiger partial charge in [-0.3, -0.25) is 0 Å². The molecular weight excluding hydrogens is 138 g/mol. The molecule has 0 aliphatic rings. The summed E-state index contributed by atoms with van der Waals surface area (Å²) in [5.41, 5.74) is 2.21. The molecule has 0 aliphatic heterocycles. The van der Waals surface area contributed by atoms with Crippen LogP contribution in [0.5, 0.6) is 0 Å². The third-order valence-corrected chi connectivity index (χ3v) is 1.41. The molecule has 56 valence electrons. The molecule has 0 saturated carbocycles. The Morgan fingerprint density at radius 1 is 1.27 bits per heavy atom. The normalized spacial score (nSPS) is 10.3. The molecule has 0 atom stereocenters. The molecule has 2 heteroatoms. The summed E-state index contributed by atoms with van der Waals surface area (Å²) in [5.74, 6) is 0. The molecule has 0 N–H and O–H groups in total. The van der Waals surface area contributed by atoms with Crippen LogP contribution in [0.15, 0.2) is 35.6 Å². The Morgan fingerprint density at radius 3 is 2.45 bits per heavy atom. The van der Waals surface area contributed by atoms with Crippen molar-refractivity contribution in [2.75, 3.05) is 0 Å². The molecule has 0 unspecified atom stereocenters. The van der Waals surface area contributed by atoms with Crippen molar-refractivity contribution in [1.82, 2.24) is 0 Å². The predicted molar refractivity (Wildman–Crippen MR) is 46.0 cm³/mol. The van der Waals surface area contributed by atoms with E-state index in [1.54, 1.807) is 6.08 Å². The standard InChI is InChI=1S/C9H9NO/c1-8-2-4-9(5-3-8)6-7-10-11/h2-7H,1H3/b7-6+. The summed E-state index contributed by atoms with van der Waals surface area (Å²) in [6.45, 7) is 2.02. The lowest BCUT2D eigenvalue weighted by Crippen LogP contribution is -1.72. The third kappa shape index (κ3) is 2.34. The highest BCUT2D eigenvalue weighted by molar-refractivity contribution is 5.49. The summed E-state index contributed by atoms with van der Waals surface area (Å²) in [4.78, 5) is 9.71. The highest BCUT2D eigenvalue weighted by Gasteiger charge is 1.84. The highest BCUT2D eigenvalue weighted by atomic mass is 16.2. The fourth-order valence-electron chi connectivity index (χ4n) is 0.794. The maximum atomic E-state index is 9.71. The third-order valence-electron chi connectivity index (χ3n) is 1.41. The number of rotatable bonds is 2. The first-order valence-electron chi connectivity index (χ1n) is 3.38. The summed E-state index contributed by atoms with van der Waals surface area (Å²) in [7, 11) is 0. The van der Waals surface area contributed by atoms with Crippen LogP contribution in [0.2, 0.25) is 0 Å². The number of benzene rings is 1. The molecule has 0 bridgehead atoms. The monoisotopic (exact) mass is 147 g/mol. The fourth-order valence-corrected chi connectivity index (χ4v) is 0.794. The Kier molecular flexibility index (Phi) is 2.55. The Labute approximate surface area is 65.5 Å². The summed E-state index contributed by atoms with van der Waals surface area (Å²) in [5, 5.41) is 2.62. The number of nitrogens with zero attached hydrogens (tertiary/aromatic N) is 1. The van der Waals surface area contributed by atoms with Crippen LogP contribution in [0.4, 0.5) is 0 Å². The van der Waals surface area contributed by atoms with Crippen molar-refractivity contribution in [3.8, 4) is 0 Å². The van der Waals surface area contributed by atoms with Gasteiger partial charge in [-0.1, -0.05) is 29.8 Å². The van der Waals surface area contributed by atoms with Gasteiger partial charge < -0.3 is 0 Å². The molecule has 0 fully saturated rings. The van der Waals surface area contributed by atoms with Crippen molar-refractivity contribution < 1.29 is 0 Å². The Hall–Kier alpha value is -1.44. The lowest BCUT2D eigenvalue weighted by molar-refractivity contribution is 1.46. The van der Waals surface area contributed by atoms with Crippen LogP contribution in [0.25, 0.3) is 6.08 Å². The summed E-state index contributed by atoms with van der Waals surface area (Å²) < 4.78 is 0. The molecule has 1 aromatic rings. The molecule has 0 amide bonds. The minimum Gasteiger partial charge on any atom is -0.145 e. The molecule has 1 aromatic carbocycles. The van der Waals surface area contributed by atoms with Crippen LogP contribution in [0.1, 0.15) is 11.1 Å². The van der Waals surface area contributed by atoms with Crippen LogP contribution in [-0.2, 0) is 0 Å². The van der Waals surface area contributed by atoms with Crippen molar-refractivity contribution in [3.05, 3.63) is 46.5 Å². The average Bonchev–Trinajstić information content (AvgIpc) is 2.04. The Bertz CT molecular complexity index is 261. The van der Waals surface area contributed by atoms with Crippen molar-refractivity contribution in [2.45, 2.75) is 6.92 Å². The first kappa shape index (κ1) is 7.66. The van der Waals surface area contributed by atoms with E-state index in [1.807, 2.05) is 31.2 Å². The molecule has 1 rings (SSSR count). The lowest BCUT2D eigenvalue weighted by Gasteiger charge is -1.91. The largest absolute Gasteiger partial charge is 0.145 e. The quantitative estimate of drug-likeness (QED) is 0.591. The Balaban J connectivity index is 2.81. The maximum Gasteiger partial charge on any atom is 0.0720 e. The van der Waals surface area contributed by atoms with Gasteiger partial charge in [0.05, 0.1) is 6.20 Å². The van der Waals surface area contributed by atoms with E-state index in [2.05, 4.69) is 5.18 Å². The second-order valence-electron chi connectivity index (χ2n) is 2.33. The van der Waals surface area contributed by atoms with Crippen LogP contribution in [0, 0.1) is 11.8 Å². The van der Waals surface area contributed by atoms with Gasteiger partial charge in [-0.05, 0) is 23.7 Å². The second kappa shape index (κ2) is 3.66. The fraction of sp³-hybridized carbons (Fsp3) is 0.111. The molecule has 0 heterocycles. The number of hydrogen-bond donors (Lipinski definition) is 0. The molecule has 0 aliphatic carbocycles.